The van der Waals surface area contributed by atoms with Crippen LogP contribution >= 0.6 is 0 Å². The molecule has 0 atom stereocenters. The maximum Gasteiger partial charge on any atom is 0.416 e. The molecule has 0 spiro atoms. The average Bonchev–Trinajstić information content (AvgIpc) is 3.99. The minimum Gasteiger partial charge on any atom is -0.497 e. The summed E-state index contributed by atoms with van der Waals surface area (Å²) >= 11 is 0. The number of hydrogen-bond donors (Lipinski definition) is 4. The molecular formula is C48H41F3N8O6. The molecule has 4 N–H and O–H groups in total. The molecule has 0 aliphatic rings. The van der Waals surface area contributed by atoms with Crippen LogP contribution in [0.3, 0.4) is 0 Å². The predicted molar refractivity (Wildman–Crippen MR) is 239 cm³/mol. The van der Waals surface area contributed by atoms with E-state index in [0.29, 0.717) is 45.9 Å². The van der Waals surface area contributed by atoms with Gasteiger partial charge in [-0.2, -0.15) is 13.2 Å². The molecule has 17 heteroatoms. The lowest BCUT2D eigenvalue weighted by atomic mass is 10.1. The molecule has 0 unspecified atom stereocenters. The van der Waals surface area contributed by atoms with Crippen LogP contribution < -0.4 is 30.7 Å². The third-order valence-electron chi connectivity index (χ3n) is 9.60. The fraction of sp³-hybridized carbons (Fsp3) is 0.125. The summed E-state index contributed by atoms with van der Waals surface area (Å²) in [6.45, 7) is 1.97. The van der Waals surface area contributed by atoms with E-state index in [1.807, 2.05) is 61.5 Å². The number of oxazole rings is 2. The van der Waals surface area contributed by atoms with Crippen molar-refractivity contribution in [1.29, 1.82) is 0 Å². The van der Waals surface area contributed by atoms with Gasteiger partial charge in [-0.25, -0.2) is 9.97 Å². The Labute approximate surface area is 370 Å². The first kappa shape index (κ1) is 44.6. The first-order valence-electron chi connectivity index (χ1n) is 19.9. The van der Waals surface area contributed by atoms with Gasteiger partial charge in [-0.15, -0.1) is 0 Å². The monoisotopic (exact) mass is 882 g/mol. The van der Waals surface area contributed by atoms with Gasteiger partial charge in [0.25, 0.3) is 12.0 Å². The summed E-state index contributed by atoms with van der Waals surface area (Å²) in [6.07, 6.45) is 5.69. The number of methoxy groups -OCH3 is 2. The summed E-state index contributed by atoms with van der Waals surface area (Å²) in [6, 6.07) is 30.4. The van der Waals surface area contributed by atoms with Gasteiger partial charge in [0, 0.05) is 53.0 Å². The lowest BCUT2D eigenvalue weighted by molar-refractivity contribution is -0.137. The van der Waals surface area contributed by atoms with Gasteiger partial charge in [0.05, 0.1) is 50.7 Å². The van der Waals surface area contributed by atoms with Crippen molar-refractivity contribution in [1.82, 2.24) is 19.9 Å². The van der Waals surface area contributed by atoms with Gasteiger partial charge < -0.3 is 39.6 Å². The molecule has 0 fully saturated rings. The Morgan fingerprint density at radius 3 is 1.57 bits per heavy atom. The number of hydrogen-bond acceptors (Lipinski definition) is 12. The zero-order valence-electron chi connectivity index (χ0n) is 35.1. The van der Waals surface area contributed by atoms with Crippen LogP contribution in [0.25, 0.3) is 22.6 Å². The van der Waals surface area contributed by atoms with Crippen molar-refractivity contribution in [2.24, 2.45) is 0 Å². The predicted octanol–water partition coefficient (Wildman–Crippen LogP) is 10.7. The van der Waals surface area contributed by atoms with E-state index in [4.69, 9.17) is 18.3 Å². The summed E-state index contributed by atoms with van der Waals surface area (Å²) in [4.78, 5) is 41.4. The summed E-state index contributed by atoms with van der Waals surface area (Å²) < 4.78 is 60.2. The first-order valence-corrected chi connectivity index (χ1v) is 19.9. The molecule has 14 nitrogen and oxygen atoms in total. The Hall–Kier alpha value is -8.47. The number of ether oxygens (including phenoxy) is 2. The van der Waals surface area contributed by atoms with Crippen LogP contribution in [-0.4, -0.2) is 46.0 Å². The molecule has 330 valence electrons. The number of halogens is 3. The van der Waals surface area contributed by atoms with Gasteiger partial charge in [0.2, 0.25) is 11.8 Å². The normalized spacial score (nSPS) is 10.9. The first-order chi connectivity index (χ1) is 31.4. The van der Waals surface area contributed by atoms with Gasteiger partial charge in [0.1, 0.15) is 11.5 Å². The third kappa shape index (κ3) is 12.3. The quantitative estimate of drug-likeness (QED) is 0.0813. The van der Waals surface area contributed by atoms with Crippen LogP contribution in [-0.2, 0) is 28.6 Å². The molecule has 65 heavy (non-hydrogen) atoms. The summed E-state index contributed by atoms with van der Waals surface area (Å²) in [5.41, 5.74) is 5.75. The number of amides is 2. The fourth-order valence-corrected chi connectivity index (χ4v) is 6.25. The number of rotatable bonds is 14. The second-order valence-electron chi connectivity index (χ2n) is 14.2. The van der Waals surface area contributed by atoms with Crippen LogP contribution in [0.2, 0.25) is 0 Å². The molecule has 4 aromatic carbocycles. The fourth-order valence-electron chi connectivity index (χ4n) is 6.25. The molecule has 0 saturated heterocycles. The van der Waals surface area contributed by atoms with Crippen molar-refractivity contribution >= 4 is 46.6 Å². The SMILES string of the molecule is COc1ccc(CC(=O)Nc2ccc(C)c(Nc3ncc(-c4ccncc4)o3)c2)cc1.COc1ccc(NC(=O)Cc2ccc(C(F)(F)F)cc2)cc1Nc1ncc(-c2ccncc2)o1. The summed E-state index contributed by atoms with van der Waals surface area (Å²) in [5.74, 6) is 1.96. The van der Waals surface area contributed by atoms with Gasteiger partial charge in [0.15, 0.2) is 11.5 Å². The van der Waals surface area contributed by atoms with E-state index in [9.17, 15) is 22.8 Å². The van der Waals surface area contributed by atoms with Crippen LogP contribution in [0.4, 0.5) is 48.0 Å². The van der Waals surface area contributed by atoms with E-state index >= 15 is 0 Å². The lowest BCUT2D eigenvalue weighted by Crippen LogP contribution is -2.15. The number of nitrogens with zero attached hydrogens (tertiary/aromatic N) is 4. The molecule has 4 aromatic heterocycles. The van der Waals surface area contributed by atoms with Crippen LogP contribution in [0.15, 0.2) is 155 Å². The van der Waals surface area contributed by atoms with Gasteiger partial charge in [-0.3, -0.25) is 19.6 Å². The second-order valence-corrected chi connectivity index (χ2v) is 14.2. The van der Waals surface area contributed by atoms with Gasteiger partial charge in [-0.1, -0.05) is 30.3 Å². The van der Waals surface area contributed by atoms with E-state index in [2.05, 4.69) is 41.2 Å². The molecule has 0 bridgehead atoms. The minimum atomic E-state index is -4.42. The topological polar surface area (TPSA) is 179 Å². The molecule has 8 aromatic rings. The second kappa shape index (κ2) is 20.6. The molecule has 0 aliphatic carbocycles. The minimum absolute atomic E-state index is 0.0814. The van der Waals surface area contributed by atoms with E-state index in [1.165, 1.54) is 19.2 Å². The van der Waals surface area contributed by atoms with Crippen molar-refractivity contribution in [2.75, 3.05) is 35.5 Å². The zero-order chi connectivity index (χ0) is 45.8. The van der Waals surface area contributed by atoms with Crippen molar-refractivity contribution in [3.63, 3.8) is 0 Å². The number of anilines is 6. The van der Waals surface area contributed by atoms with Crippen LogP contribution in [0.5, 0.6) is 11.5 Å². The zero-order valence-corrected chi connectivity index (χ0v) is 35.1. The Kier molecular flexibility index (Phi) is 14.1. The Bertz CT molecular complexity index is 2840. The van der Waals surface area contributed by atoms with Crippen LogP contribution in [0.1, 0.15) is 22.3 Å². The highest BCUT2D eigenvalue weighted by molar-refractivity contribution is 5.94. The molecule has 0 radical (unpaired) electrons. The number of alkyl halides is 3. The number of carbonyl (C=O) groups is 2. The Balaban J connectivity index is 0.000000195. The molecule has 8 rings (SSSR count). The number of aryl methyl sites for hydroxylation is 1. The van der Waals surface area contributed by atoms with E-state index in [1.54, 1.807) is 74.6 Å². The van der Waals surface area contributed by atoms with E-state index in [-0.39, 0.29) is 30.7 Å². The molecule has 2 amide bonds. The van der Waals surface area contributed by atoms with Crippen molar-refractivity contribution in [3.05, 3.63) is 169 Å². The lowest BCUT2D eigenvalue weighted by Gasteiger charge is -2.12. The van der Waals surface area contributed by atoms with Crippen molar-refractivity contribution in [3.8, 4) is 34.1 Å². The highest BCUT2D eigenvalue weighted by atomic mass is 19.4. The van der Waals surface area contributed by atoms with Crippen molar-refractivity contribution in [2.45, 2.75) is 25.9 Å². The Morgan fingerprint density at radius 1 is 0.600 bits per heavy atom. The Morgan fingerprint density at radius 2 is 1.08 bits per heavy atom. The maximum absolute atomic E-state index is 12.7. The molecule has 4 heterocycles. The largest absolute Gasteiger partial charge is 0.497 e. The highest BCUT2D eigenvalue weighted by Gasteiger charge is 2.30. The van der Waals surface area contributed by atoms with Gasteiger partial charge >= 0.3 is 6.18 Å². The van der Waals surface area contributed by atoms with E-state index < -0.39 is 11.7 Å². The smallest absolute Gasteiger partial charge is 0.416 e. The highest BCUT2D eigenvalue weighted by Crippen LogP contribution is 2.33. The number of benzene rings is 4. The van der Waals surface area contributed by atoms with Gasteiger partial charge in [-0.05, 0) is 102 Å². The maximum atomic E-state index is 12.7. The molecule has 0 saturated carbocycles. The number of aromatic nitrogens is 4. The van der Waals surface area contributed by atoms with E-state index in [0.717, 1.165) is 45.8 Å². The third-order valence-corrected chi connectivity index (χ3v) is 9.60. The number of nitrogens with one attached hydrogen (secondary N) is 4. The number of pyridine rings is 2. The average molecular weight is 883 g/mol. The number of carbonyl (C=O) groups excluding carboxylic acids is 2. The summed E-state index contributed by atoms with van der Waals surface area (Å²) in [5, 5.41) is 11.9. The molecular weight excluding hydrogens is 842 g/mol. The summed E-state index contributed by atoms with van der Waals surface area (Å²) in [7, 11) is 3.12. The van der Waals surface area contributed by atoms with Crippen LogP contribution in [0, 0.1) is 6.92 Å². The molecule has 0 aliphatic heterocycles. The van der Waals surface area contributed by atoms with Crippen molar-refractivity contribution < 1.29 is 41.1 Å². The standard InChI is InChI=1S/C24H19F3N4O3.C24H22N4O3/c1-33-20-7-6-18(30-22(32)12-15-2-4-17(5-3-15)24(25,26)27)13-19(20)31-23-29-14-21(34-23)16-8-10-28-11-9-16;1-16-3-6-19(27-23(29)13-17-4-7-20(30-2)8-5-17)14-21(16)28-24-26-15-22(31-24)18-9-11-25-12-10-18/h2-11,13-14H,12H2,1H3,(H,29,31)(H,30,32);3-12,14-15H,13H2,1-2H3,(H,26,28)(H,27,29).